The maximum Gasteiger partial charge on any atom is 0.264 e. The first-order valence-corrected chi connectivity index (χ1v) is 8.37. The van der Waals surface area contributed by atoms with Gasteiger partial charge in [-0.15, -0.1) is 5.10 Å². The number of anilines is 1. The summed E-state index contributed by atoms with van der Waals surface area (Å²) in [5.41, 5.74) is 1.12. The molecule has 2 aliphatic rings. The highest BCUT2D eigenvalue weighted by Gasteiger charge is 2.33. The van der Waals surface area contributed by atoms with E-state index in [1.165, 1.54) is 0 Å². The van der Waals surface area contributed by atoms with Gasteiger partial charge in [0.05, 0.1) is 0 Å². The molecule has 1 amide bonds. The zero-order valence-corrected chi connectivity index (χ0v) is 13.5. The minimum absolute atomic E-state index is 0.0900. The van der Waals surface area contributed by atoms with Crippen LogP contribution in [-0.2, 0) is 11.2 Å². The minimum Gasteiger partial charge on any atom is -0.480 e. The fourth-order valence-corrected chi connectivity index (χ4v) is 3.35. The predicted molar refractivity (Wildman–Crippen MR) is 90.0 cm³/mol. The van der Waals surface area contributed by atoms with Crippen LogP contribution in [-0.4, -0.2) is 53.3 Å². The molecular weight excluding hydrogens is 304 g/mol. The molecule has 6 nitrogen and oxygen atoms in total. The Morgan fingerprint density at radius 2 is 2.00 bits per heavy atom. The number of hydrogen-bond acceptors (Lipinski definition) is 5. The van der Waals surface area contributed by atoms with Crippen molar-refractivity contribution in [3.8, 4) is 5.75 Å². The molecule has 1 saturated heterocycles. The monoisotopic (exact) mass is 324 g/mol. The number of benzene rings is 1. The molecule has 0 radical (unpaired) electrons. The van der Waals surface area contributed by atoms with E-state index in [1.54, 1.807) is 6.20 Å². The molecule has 124 valence electrons. The predicted octanol–water partition coefficient (Wildman–Crippen LogP) is 1.52. The number of nitrogens with zero attached hydrogens (tertiary/aromatic N) is 4. The van der Waals surface area contributed by atoms with Crippen molar-refractivity contribution in [3.63, 3.8) is 0 Å². The van der Waals surface area contributed by atoms with Gasteiger partial charge in [-0.2, -0.15) is 5.10 Å². The summed E-state index contributed by atoms with van der Waals surface area (Å²) in [5.74, 6) is 1.80. The summed E-state index contributed by atoms with van der Waals surface area (Å²) in [4.78, 5) is 16.9. The number of amides is 1. The Morgan fingerprint density at radius 3 is 2.83 bits per heavy atom. The molecule has 0 spiro atoms. The molecule has 1 unspecified atom stereocenters. The average Bonchev–Trinajstić information content (AvgIpc) is 2.91. The maximum absolute atomic E-state index is 12.8. The molecule has 6 heteroatoms. The van der Waals surface area contributed by atoms with Crippen molar-refractivity contribution >= 4 is 11.7 Å². The minimum atomic E-state index is -0.384. The van der Waals surface area contributed by atoms with E-state index in [9.17, 15) is 4.79 Å². The summed E-state index contributed by atoms with van der Waals surface area (Å²) in [7, 11) is 0. The highest BCUT2D eigenvalue weighted by Crippen LogP contribution is 2.29. The van der Waals surface area contributed by atoms with E-state index in [0.717, 1.165) is 43.2 Å². The molecule has 24 heavy (non-hydrogen) atoms. The molecule has 0 N–H and O–H groups in total. The second-order valence-corrected chi connectivity index (χ2v) is 6.17. The van der Waals surface area contributed by atoms with Crippen molar-refractivity contribution in [2.45, 2.75) is 18.9 Å². The van der Waals surface area contributed by atoms with Crippen molar-refractivity contribution in [1.29, 1.82) is 0 Å². The second-order valence-electron chi connectivity index (χ2n) is 6.17. The lowest BCUT2D eigenvalue weighted by Crippen LogP contribution is -2.43. The first kappa shape index (κ1) is 14.9. The molecule has 3 heterocycles. The Bertz CT molecular complexity index is 697. The quantitative estimate of drug-likeness (QED) is 0.838. The summed E-state index contributed by atoms with van der Waals surface area (Å²) in [6, 6.07) is 11.7. The van der Waals surface area contributed by atoms with Gasteiger partial charge < -0.3 is 14.5 Å². The van der Waals surface area contributed by atoms with E-state index in [0.29, 0.717) is 13.0 Å². The van der Waals surface area contributed by atoms with Crippen LogP contribution in [0, 0.1) is 0 Å². The molecule has 0 aliphatic carbocycles. The third kappa shape index (κ3) is 2.91. The zero-order chi connectivity index (χ0) is 16.4. The lowest BCUT2D eigenvalue weighted by molar-refractivity contribution is -0.137. The maximum atomic E-state index is 12.8. The second kappa shape index (κ2) is 6.47. The Labute approximate surface area is 141 Å². The van der Waals surface area contributed by atoms with Crippen LogP contribution < -0.4 is 9.64 Å². The molecule has 2 aromatic rings. The summed E-state index contributed by atoms with van der Waals surface area (Å²) < 4.78 is 5.85. The van der Waals surface area contributed by atoms with Crippen LogP contribution in [0.1, 0.15) is 12.0 Å². The van der Waals surface area contributed by atoms with Gasteiger partial charge >= 0.3 is 0 Å². The number of carbonyl (C=O) groups excluding carboxylic acids is 1. The van der Waals surface area contributed by atoms with Gasteiger partial charge in [-0.1, -0.05) is 18.2 Å². The van der Waals surface area contributed by atoms with Gasteiger partial charge in [0.2, 0.25) is 0 Å². The van der Waals surface area contributed by atoms with Crippen LogP contribution in [0.15, 0.2) is 42.6 Å². The lowest BCUT2D eigenvalue weighted by Gasteiger charge is -2.24. The Hall–Kier alpha value is -2.63. The zero-order valence-electron chi connectivity index (χ0n) is 13.5. The number of para-hydroxylation sites is 1. The molecule has 1 aromatic carbocycles. The van der Waals surface area contributed by atoms with Crippen LogP contribution in [0.5, 0.6) is 5.75 Å². The Morgan fingerprint density at radius 1 is 1.08 bits per heavy atom. The van der Waals surface area contributed by atoms with E-state index in [-0.39, 0.29) is 12.0 Å². The lowest BCUT2D eigenvalue weighted by atomic mass is 10.1. The van der Waals surface area contributed by atoms with E-state index in [1.807, 2.05) is 41.3 Å². The van der Waals surface area contributed by atoms with Crippen molar-refractivity contribution in [2.24, 2.45) is 0 Å². The van der Waals surface area contributed by atoms with E-state index >= 15 is 0 Å². The summed E-state index contributed by atoms with van der Waals surface area (Å²) in [6.45, 7) is 3.09. The third-order valence-electron chi connectivity index (χ3n) is 4.61. The summed E-state index contributed by atoms with van der Waals surface area (Å²) >= 11 is 0. The van der Waals surface area contributed by atoms with Crippen LogP contribution in [0.4, 0.5) is 5.82 Å². The Balaban J connectivity index is 1.40. The largest absolute Gasteiger partial charge is 0.480 e. The van der Waals surface area contributed by atoms with Crippen molar-refractivity contribution in [1.82, 2.24) is 15.1 Å². The van der Waals surface area contributed by atoms with Crippen molar-refractivity contribution < 1.29 is 9.53 Å². The van der Waals surface area contributed by atoms with Gasteiger partial charge in [-0.3, -0.25) is 4.79 Å². The topological polar surface area (TPSA) is 58.6 Å². The highest BCUT2D eigenvalue weighted by atomic mass is 16.5. The van der Waals surface area contributed by atoms with Gasteiger partial charge in [0, 0.05) is 38.8 Å². The molecule has 2 aliphatic heterocycles. The van der Waals surface area contributed by atoms with E-state index < -0.39 is 0 Å². The molecular formula is C18H20N4O2. The first-order chi connectivity index (χ1) is 11.8. The van der Waals surface area contributed by atoms with Gasteiger partial charge in [-0.05, 0) is 30.2 Å². The van der Waals surface area contributed by atoms with Gasteiger partial charge in [0.25, 0.3) is 5.91 Å². The number of fused-ring (bicyclic) bond motifs is 1. The fourth-order valence-electron chi connectivity index (χ4n) is 3.35. The van der Waals surface area contributed by atoms with E-state index in [2.05, 4.69) is 15.1 Å². The molecule has 4 rings (SSSR count). The molecule has 1 aromatic heterocycles. The number of carbonyl (C=O) groups is 1. The van der Waals surface area contributed by atoms with Gasteiger partial charge in [-0.25, -0.2) is 0 Å². The number of hydrogen-bond donors (Lipinski definition) is 0. The van der Waals surface area contributed by atoms with Crippen LogP contribution in [0.2, 0.25) is 0 Å². The van der Waals surface area contributed by atoms with Crippen molar-refractivity contribution in [2.75, 3.05) is 31.1 Å². The Kier molecular flexibility index (Phi) is 4.02. The number of rotatable bonds is 2. The first-order valence-electron chi connectivity index (χ1n) is 8.37. The smallest absolute Gasteiger partial charge is 0.264 e. The van der Waals surface area contributed by atoms with Gasteiger partial charge in [0.15, 0.2) is 11.9 Å². The van der Waals surface area contributed by atoms with Crippen LogP contribution >= 0.6 is 0 Å². The highest BCUT2D eigenvalue weighted by molar-refractivity contribution is 5.82. The summed E-state index contributed by atoms with van der Waals surface area (Å²) in [5, 5.41) is 8.10. The number of aromatic nitrogens is 2. The van der Waals surface area contributed by atoms with Gasteiger partial charge in [0.1, 0.15) is 5.75 Å². The molecule has 0 bridgehead atoms. The van der Waals surface area contributed by atoms with Crippen LogP contribution in [0.3, 0.4) is 0 Å². The van der Waals surface area contributed by atoms with E-state index in [4.69, 9.17) is 4.74 Å². The molecule has 1 fully saturated rings. The normalized spacial score (nSPS) is 20.2. The summed E-state index contributed by atoms with van der Waals surface area (Å²) in [6.07, 6.45) is 2.87. The molecule has 1 atom stereocenters. The standard InChI is InChI=1S/C18H20N4O2/c23-18(16-13-14-5-1-2-6-15(14)24-16)22-10-4-9-21(11-12-22)17-7-3-8-19-20-17/h1-3,5-8,16H,4,9-13H2. The third-order valence-corrected chi connectivity index (χ3v) is 4.61. The van der Waals surface area contributed by atoms with Crippen LogP contribution in [0.25, 0.3) is 0 Å². The average molecular weight is 324 g/mol. The number of ether oxygens (including phenoxy) is 1. The van der Waals surface area contributed by atoms with Crippen molar-refractivity contribution in [3.05, 3.63) is 48.2 Å². The molecule has 0 saturated carbocycles. The SMILES string of the molecule is O=C(C1Cc2ccccc2O1)N1CCCN(c2cccnn2)CC1. The fraction of sp³-hybridized carbons (Fsp3) is 0.389.